The molecule has 176 valence electrons. The minimum atomic E-state index is -0.316. The number of hydrogen-bond acceptors (Lipinski definition) is 7. The van der Waals surface area contributed by atoms with Crippen molar-refractivity contribution in [1.29, 1.82) is 0 Å². The van der Waals surface area contributed by atoms with Gasteiger partial charge < -0.3 is 15.0 Å². The van der Waals surface area contributed by atoms with E-state index in [9.17, 15) is 4.79 Å². The van der Waals surface area contributed by atoms with Crippen LogP contribution in [-0.4, -0.2) is 41.8 Å². The van der Waals surface area contributed by atoms with Gasteiger partial charge in [0.2, 0.25) is 5.91 Å². The molecule has 1 heterocycles. The fourth-order valence-electron chi connectivity index (χ4n) is 3.69. The Kier molecular flexibility index (Phi) is 9.41. The topological polar surface area (TPSA) is 99.6 Å². The first-order chi connectivity index (χ1) is 16.1. The van der Waals surface area contributed by atoms with Crippen molar-refractivity contribution in [2.75, 3.05) is 25.6 Å². The number of ether oxygens (including phenoxy) is 1. The fourth-order valence-corrected chi connectivity index (χ4v) is 3.69. The number of fused-ring (bicyclic) bond motifs is 1. The van der Waals surface area contributed by atoms with Crippen molar-refractivity contribution in [3.63, 3.8) is 0 Å². The van der Waals surface area contributed by atoms with E-state index in [1.54, 1.807) is 12.6 Å². The lowest BCUT2D eigenvalue weighted by Gasteiger charge is -2.21. The normalized spacial score (nSPS) is 10.9. The number of amides is 1. The summed E-state index contributed by atoms with van der Waals surface area (Å²) in [6.45, 7) is 1.49. The van der Waals surface area contributed by atoms with Gasteiger partial charge >= 0.3 is 0 Å². The molecule has 0 aliphatic rings. The van der Waals surface area contributed by atoms with Crippen molar-refractivity contribution in [2.45, 2.75) is 45.1 Å². The number of nitrogens with zero attached hydrogens (tertiary/aromatic N) is 3. The Morgan fingerprint density at radius 3 is 2.48 bits per heavy atom. The summed E-state index contributed by atoms with van der Waals surface area (Å²) in [7, 11) is 3.67. The Labute approximate surface area is 195 Å². The smallest absolute Gasteiger partial charge is 0.243 e. The van der Waals surface area contributed by atoms with Crippen LogP contribution in [0.2, 0.25) is 0 Å². The number of methoxy groups -OCH3 is 1. The third kappa shape index (κ3) is 7.13. The van der Waals surface area contributed by atoms with E-state index >= 15 is 0 Å². The second-order valence-corrected chi connectivity index (χ2v) is 7.97. The van der Waals surface area contributed by atoms with E-state index in [0.29, 0.717) is 13.0 Å². The summed E-state index contributed by atoms with van der Waals surface area (Å²) in [5.41, 5.74) is 3.61. The molecule has 0 aliphatic heterocycles. The van der Waals surface area contributed by atoms with Gasteiger partial charge in [0.25, 0.3) is 0 Å². The zero-order valence-corrected chi connectivity index (χ0v) is 19.4. The third-order valence-electron chi connectivity index (χ3n) is 5.57. The van der Waals surface area contributed by atoms with Crippen LogP contribution in [0.3, 0.4) is 0 Å². The SMILES string of the molecule is COc1ccc(N(C)c2nc(CNCCCCCCCC(=O)NO)nc3ccccc23)cc1. The molecule has 0 bridgehead atoms. The fraction of sp³-hybridized carbons (Fsp3) is 0.400. The van der Waals surface area contributed by atoms with E-state index in [1.165, 1.54) is 0 Å². The Balaban J connectivity index is 1.56. The molecule has 0 fully saturated rings. The zero-order valence-electron chi connectivity index (χ0n) is 19.4. The molecule has 3 aromatic rings. The molecule has 3 rings (SSSR count). The highest BCUT2D eigenvalue weighted by molar-refractivity contribution is 5.91. The Hall–Kier alpha value is -3.23. The van der Waals surface area contributed by atoms with E-state index in [-0.39, 0.29) is 5.91 Å². The third-order valence-corrected chi connectivity index (χ3v) is 5.57. The number of para-hydroxylation sites is 1. The number of anilines is 2. The van der Waals surface area contributed by atoms with Crippen LogP contribution in [0.25, 0.3) is 10.9 Å². The Morgan fingerprint density at radius 1 is 1.00 bits per heavy atom. The van der Waals surface area contributed by atoms with Gasteiger partial charge in [0, 0.05) is 24.5 Å². The molecular weight excluding hydrogens is 418 g/mol. The van der Waals surface area contributed by atoms with E-state index < -0.39 is 0 Å². The molecule has 0 unspecified atom stereocenters. The average molecular weight is 452 g/mol. The van der Waals surface area contributed by atoms with Crippen molar-refractivity contribution in [3.05, 3.63) is 54.4 Å². The monoisotopic (exact) mass is 451 g/mol. The summed E-state index contributed by atoms with van der Waals surface area (Å²) in [5, 5.41) is 12.9. The van der Waals surface area contributed by atoms with Crippen LogP contribution in [-0.2, 0) is 11.3 Å². The van der Waals surface area contributed by atoms with Crippen LogP contribution in [0.1, 0.15) is 44.3 Å². The van der Waals surface area contributed by atoms with Crippen molar-refractivity contribution >= 4 is 28.3 Å². The zero-order chi connectivity index (χ0) is 23.5. The van der Waals surface area contributed by atoms with E-state index in [1.807, 2.05) is 55.6 Å². The summed E-state index contributed by atoms with van der Waals surface area (Å²) in [6, 6.07) is 16.0. The molecular formula is C25H33N5O3. The molecule has 0 saturated carbocycles. The van der Waals surface area contributed by atoms with Gasteiger partial charge in [0.1, 0.15) is 17.4 Å². The number of carbonyl (C=O) groups is 1. The van der Waals surface area contributed by atoms with Gasteiger partial charge in [-0.25, -0.2) is 15.4 Å². The number of nitrogens with one attached hydrogen (secondary N) is 2. The highest BCUT2D eigenvalue weighted by Gasteiger charge is 2.13. The van der Waals surface area contributed by atoms with Crippen LogP contribution in [0.5, 0.6) is 5.75 Å². The number of benzene rings is 2. The van der Waals surface area contributed by atoms with Gasteiger partial charge in [-0.1, -0.05) is 31.4 Å². The van der Waals surface area contributed by atoms with Gasteiger partial charge in [-0.2, -0.15) is 0 Å². The molecule has 0 aliphatic carbocycles. The van der Waals surface area contributed by atoms with Crippen LogP contribution in [0.15, 0.2) is 48.5 Å². The summed E-state index contributed by atoms with van der Waals surface area (Å²) in [6.07, 6.45) is 5.39. The number of unbranched alkanes of at least 4 members (excludes halogenated alkanes) is 4. The van der Waals surface area contributed by atoms with E-state index in [0.717, 1.165) is 72.6 Å². The lowest BCUT2D eigenvalue weighted by atomic mass is 10.1. The molecule has 8 nitrogen and oxygen atoms in total. The molecule has 0 saturated heterocycles. The molecule has 1 amide bonds. The van der Waals surface area contributed by atoms with Crippen molar-refractivity contribution in [1.82, 2.24) is 20.8 Å². The summed E-state index contributed by atoms with van der Waals surface area (Å²) in [4.78, 5) is 22.7. The molecule has 0 spiro atoms. The first-order valence-corrected chi connectivity index (χ1v) is 11.4. The Bertz CT molecular complexity index is 1030. The number of rotatable bonds is 13. The minimum Gasteiger partial charge on any atom is -0.497 e. The summed E-state index contributed by atoms with van der Waals surface area (Å²) >= 11 is 0. The minimum absolute atomic E-state index is 0.316. The highest BCUT2D eigenvalue weighted by Crippen LogP contribution is 2.29. The van der Waals surface area contributed by atoms with Gasteiger partial charge in [0.15, 0.2) is 0 Å². The van der Waals surface area contributed by atoms with Gasteiger partial charge in [-0.15, -0.1) is 0 Å². The molecule has 1 aromatic heterocycles. The summed E-state index contributed by atoms with van der Waals surface area (Å²) < 4.78 is 5.27. The van der Waals surface area contributed by atoms with Crippen LogP contribution < -0.4 is 20.4 Å². The standard InChI is InChI=1S/C25H33N5O3/c1-30(19-13-15-20(33-2)16-14-19)25-21-10-7-8-11-22(21)27-23(28-25)18-26-17-9-5-3-4-6-12-24(31)29-32/h7-8,10-11,13-16,26,32H,3-6,9,12,17-18H2,1-2H3,(H,29,31). The van der Waals surface area contributed by atoms with Crippen LogP contribution in [0, 0.1) is 0 Å². The van der Waals surface area contributed by atoms with Gasteiger partial charge in [0.05, 0.1) is 19.2 Å². The summed E-state index contributed by atoms with van der Waals surface area (Å²) in [5.74, 6) is 2.14. The van der Waals surface area contributed by atoms with Crippen molar-refractivity contribution in [2.24, 2.45) is 0 Å². The first-order valence-electron chi connectivity index (χ1n) is 11.4. The van der Waals surface area contributed by atoms with Crippen LogP contribution >= 0.6 is 0 Å². The van der Waals surface area contributed by atoms with Crippen molar-refractivity contribution < 1.29 is 14.7 Å². The largest absolute Gasteiger partial charge is 0.497 e. The predicted octanol–water partition coefficient (Wildman–Crippen LogP) is 4.34. The number of hydrogen-bond donors (Lipinski definition) is 3. The first kappa shape index (κ1) is 24.4. The maximum absolute atomic E-state index is 11.0. The molecule has 0 radical (unpaired) electrons. The van der Waals surface area contributed by atoms with Crippen LogP contribution in [0.4, 0.5) is 11.5 Å². The molecule has 3 N–H and O–H groups in total. The molecule has 0 atom stereocenters. The maximum atomic E-state index is 11.0. The van der Waals surface area contributed by atoms with Gasteiger partial charge in [-0.3, -0.25) is 10.0 Å². The second kappa shape index (κ2) is 12.7. The Morgan fingerprint density at radius 2 is 1.73 bits per heavy atom. The second-order valence-electron chi connectivity index (χ2n) is 7.97. The van der Waals surface area contributed by atoms with E-state index in [2.05, 4.69) is 10.2 Å². The molecule has 8 heteroatoms. The molecule has 2 aromatic carbocycles. The van der Waals surface area contributed by atoms with E-state index in [4.69, 9.17) is 19.9 Å². The van der Waals surface area contributed by atoms with Crippen molar-refractivity contribution in [3.8, 4) is 5.75 Å². The number of hydroxylamine groups is 1. The average Bonchev–Trinajstić information content (AvgIpc) is 2.86. The van der Waals surface area contributed by atoms with Gasteiger partial charge in [-0.05, 0) is 55.8 Å². The number of carbonyl (C=O) groups excluding carboxylic acids is 1. The maximum Gasteiger partial charge on any atom is 0.243 e. The quantitative estimate of drug-likeness (QED) is 0.202. The predicted molar refractivity (Wildman–Crippen MR) is 130 cm³/mol. The highest BCUT2D eigenvalue weighted by atomic mass is 16.5. The lowest BCUT2D eigenvalue weighted by molar-refractivity contribution is -0.129. The lowest BCUT2D eigenvalue weighted by Crippen LogP contribution is -2.19. The number of aromatic nitrogens is 2. The molecule has 33 heavy (non-hydrogen) atoms.